The van der Waals surface area contributed by atoms with E-state index in [-0.39, 0.29) is 18.6 Å². The Balaban J connectivity index is 2.54. The number of aliphatic hydroxyl groups is 2. The van der Waals surface area contributed by atoms with Crippen LogP contribution in [0.25, 0.3) is 0 Å². The maximum Gasteiger partial charge on any atom is 0.0519 e. The van der Waals surface area contributed by atoms with Gasteiger partial charge in [-0.2, -0.15) is 12.6 Å². The summed E-state index contributed by atoms with van der Waals surface area (Å²) in [6.45, 7) is 0.134. The summed E-state index contributed by atoms with van der Waals surface area (Å²) in [6.07, 6.45) is 3.52. The fraction of sp³-hybridized carbons (Fsp3) is 1.00. The number of thiol groups is 1. The average molecular weight is 176 g/mol. The zero-order valence-corrected chi connectivity index (χ0v) is 7.56. The molecule has 2 N–H and O–H groups in total. The molecule has 0 saturated heterocycles. The van der Waals surface area contributed by atoms with Gasteiger partial charge >= 0.3 is 0 Å². The van der Waals surface area contributed by atoms with E-state index in [2.05, 4.69) is 12.6 Å². The van der Waals surface area contributed by atoms with E-state index in [1.807, 2.05) is 0 Å². The van der Waals surface area contributed by atoms with Gasteiger partial charge < -0.3 is 10.2 Å². The van der Waals surface area contributed by atoms with E-state index in [9.17, 15) is 0 Å². The molecule has 0 aromatic rings. The summed E-state index contributed by atoms with van der Waals surface area (Å²) in [7, 11) is 0. The van der Waals surface area contributed by atoms with Crippen LogP contribution in [0.3, 0.4) is 0 Å². The number of rotatable bonds is 4. The van der Waals surface area contributed by atoms with Crippen LogP contribution in [0, 0.1) is 11.3 Å². The lowest BCUT2D eigenvalue weighted by atomic mass is 9.67. The van der Waals surface area contributed by atoms with E-state index in [0.29, 0.717) is 11.7 Å². The highest BCUT2D eigenvalue weighted by molar-refractivity contribution is 7.80. The normalized spacial score (nSPS) is 19.9. The van der Waals surface area contributed by atoms with Crippen LogP contribution in [0.2, 0.25) is 0 Å². The Kier molecular flexibility index (Phi) is 3.22. The highest BCUT2D eigenvalue weighted by Crippen LogP contribution is 2.42. The van der Waals surface area contributed by atoms with Gasteiger partial charge in [-0.3, -0.25) is 0 Å². The van der Waals surface area contributed by atoms with Crippen molar-refractivity contribution in [3.8, 4) is 0 Å². The van der Waals surface area contributed by atoms with Crippen molar-refractivity contribution in [2.24, 2.45) is 11.3 Å². The number of aliphatic hydroxyl groups excluding tert-OH is 2. The van der Waals surface area contributed by atoms with E-state index in [4.69, 9.17) is 10.2 Å². The Bertz CT molecular complexity index is 111. The third-order valence-corrected chi connectivity index (χ3v) is 3.55. The van der Waals surface area contributed by atoms with Crippen LogP contribution in [0.1, 0.15) is 19.3 Å². The topological polar surface area (TPSA) is 40.5 Å². The van der Waals surface area contributed by atoms with E-state index in [1.165, 1.54) is 6.42 Å². The first-order chi connectivity index (χ1) is 5.29. The third-order valence-electron chi connectivity index (χ3n) is 2.92. The summed E-state index contributed by atoms with van der Waals surface area (Å²) in [4.78, 5) is 0. The van der Waals surface area contributed by atoms with Crippen molar-refractivity contribution < 1.29 is 10.2 Å². The summed E-state index contributed by atoms with van der Waals surface area (Å²) in [5.41, 5.74) is -0.304. The molecule has 1 fully saturated rings. The number of hydrogen-bond donors (Lipinski definition) is 3. The molecule has 1 rings (SSSR count). The van der Waals surface area contributed by atoms with Crippen molar-refractivity contribution in [2.45, 2.75) is 19.3 Å². The summed E-state index contributed by atoms with van der Waals surface area (Å²) < 4.78 is 0. The third kappa shape index (κ3) is 1.55. The van der Waals surface area contributed by atoms with Crippen LogP contribution >= 0.6 is 12.6 Å². The van der Waals surface area contributed by atoms with Crippen molar-refractivity contribution in [2.75, 3.05) is 19.0 Å². The van der Waals surface area contributed by atoms with Crippen LogP contribution in [0.4, 0.5) is 0 Å². The minimum Gasteiger partial charge on any atom is -0.396 e. The van der Waals surface area contributed by atoms with E-state index >= 15 is 0 Å². The van der Waals surface area contributed by atoms with Crippen LogP contribution < -0.4 is 0 Å². The zero-order chi connectivity index (χ0) is 8.32. The Morgan fingerprint density at radius 1 is 1.27 bits per heavy atom. The minimum absolute atomic E-state index is 0.0671. The summed E-state index contributed by atoms with van der Waals surface area (Å²) in [5, 5.41) is 18.2. The average Bonchev–Trinajstić information content (AvgIpc) is 1.97. The fourth-order valence-electron chi connectivity index (χ4n) is 1.56. The highest BCUT2D eigenvalue weighted by Gasteiger charge is 2.39. The first kappa shape index (κ1) is 9.36. The molecule has 1 saturated carbocycles. The zero-order valence-electron chi connectivity index (χ0n) is 6.66. The molecular formula is C8H16O2S. The smallest absolute Gasteiger partial charge is 0.0519 e. The molecule has 11 heavy (non-hydrogen) atoms. The molecule has 0 amide bonds. The molecule has 0 aromatic heterocycles. The predicted octanol–water partition coefficient (Wildman–Crippen LogP) is 0.687. The van der Waals surface area contributed by atoms with Gasteiger partial charge in [-0.05, 0) is 18.8 Å². The van der Waals surface area contributed by atoms with Gasteiger partial charge in [0, 0.05) is 11.2 Å². The lowest BCUT2D eigenvalue weighted by molar-refractivity contribution is -0.00842. The second-order valence-electron chi connectivity index (χ2n) is 3.46. The fourth-order valence-corrected chi connectivity index (χ4v) is 2.02. The van der Waals surface area contributed by atoms with Gasteiger partial charge in [-0.25, -0.2) is 0 Å². The molecule has 0 aromatic carbocycles. The maximum absolute atomic E-state index is 9.10. The summed E-state index contributed by atoms with van der Waals surface area (Å²) in [6, 6.07) is 0. The van der Waals surface area contributed by atoms with Crippen LogP contribution in [-0.4, -0.2) is 29.2 Å². The molecule has 0 atom stereocenters. The summed E-state index contributed by atoms with van der Waals surface area (Å²) in [5.74, 6) is 1.08. The van der Waals surface area contributed by atoms with Crippen molar-refractivity contribution in [1.82, 2.24) is 0 Å². The van der Waals surface area contributed by atoms with Crippen LogP contribution in [-0.2, 0) is 0 Å². The van der Waals surface area contributed by atoms with E-state index < -0.39 is 0 Å². The highest BCUT2D eigenvalue weighted by atomic mass is 32.1. The van der Waals surface area contributed by atoms with Gasteiger partial charge in [0.2, 0.25) is 0 Å². The second kappa shape index (κ2) is 3.78. The Labute approximate surface area is 73.0 Å². The van der Waals surface area contributed by atoms with Gasteiger partial charge in [0.05, 0.1) is 13.2 Å². The standard InChI is InChI=1S/C8H16O2S/c9-4-8(5-10,6-11)7-2-1-3-7/h7,9-11H,1-6H2. The molecule has 1 aliphatic rings. The minimum atomic E-state index is -0.304. The van der Waals surface area contributed by atoms with Crippen molar-refractivity contribution in [1.29, 1.82) is 0 Å². The molecule has 2 nitrogen and oxygen atoms in total. The largest absolute Gasteiger partial charge is 0.396 e. The van der Waals surface area contributed by atoms with Crippen LogP contribution in [0.5, 0.6) is 0 Å². The lowest BCUT2D eigenvalue weighted by Crippen LogP contribution is -2.43. The molecule has 0 heterocycles. The maximum atomic E-state index is 9.10. The second-order valence-corrected chi connectivity index (χ2v) is 3.78. The van der Waals surface area contributed by atoms with Crippen molar-refractivity contribution in [3.63, 3.8) is 0 Å². The van der Waals surface area contributed by atoms with Gasteiger partial charge in [-0.1, -0.05) is 6.42 Å². The Morgan fingerprint density at radius 2 is 1.82 bits per heavy atom. The predicted molar refractivity (Wildman–Crippen MR) is 47.8 cm³/mol. The Morgan fingerprint density at radius 3 is 1.91 bits per heavy atom. The van der Waals surface area contributed by atoms with E-state index in [1.54, 1.807) is 0 Å². The van der Waals surface area contributed by atoms with Crippen molar-refractivity contribution in [3.05, 3.63) is 0 Å². The molecular weight excluding hydrogens is 160 g/mol. The first-order valence-electron chi connectivity index (χ1n) is 4.11. The SMILES string of the molecule is OCC(CO)(CS)C1CCC1. The lowest BCUT2D eigenvalue weighted by Gasteiger charge is -2.42. The van der Waals surface area contributed by atoms with Gasteiger partial charge in [0.1, 0.15) is 0 Å². The van der Waals surface area contributed by atoms with Crippen LogP contribution in [0.15, 0.2) is 0 Å². The number of hydrogen-bond acceptors (Lipinski definition) is 3. The summed E-state index contributed by atoms with van der Waals surface area (Å²) >= 11 is 4.17. The molecule has 1 aliphatic carbocycles. The molecule has 0 spiro atoms. The molecule has 3 heteroatoms. The Hall–Kier alpha value is 0.270. The quantitative estimate of drug-likeness (QED) is 0.551. The van der Waals surface area contributed by atoms with Gasteiger partial charge in [-0.15, -0.1) is 0 Å². The molecule has 0 aliphatic heterocycles. The van der Waals surface area contributed by atoms with E-state index in [0.717, 1.165) is 12.8 Å². The monoisotopic (exact) mass is 176 g/mol. The molecule has 0 radical (unpaired) electrons. The first-order valence-corrected chi connectivity index (χ1v) is 4.75. The molecule has 0 unspecified atom stereocenters. The van der Waals surface area contributed by atoms with Crippen molar-refractivity contribution >= 4 is 12.6 Å². The van der Waals surface area contributed by atoms with Gasteiger partial charge in [0.25, 0.3) is 0 Å². The van der Waals surface area contributed by atoms with Gasteiger partial charge in [0.15, 0.2) is 0 Å². The molecule has 66 valence electrons. The molecule has 0 bridgehead atoms.